The molecule has 1 aromatic rings. The van der Waals surface area contributed by atoms with Gasteiger partial charge < -0.3 is 20.3 Å². The van der Waals surface area contributed by atoms with E-state index in [0.717, 1.165) is 32.5 Å². The Labute approximate surface area is 113 Å². The largest absolute Gasteiger partial charge is 0.467 e. The van der Waals surface area contributed by atoms with E-state index in [1.165, 1.54) is 7.11 Å². The van der Waals surface area contributed by atoms with Gasteiger partial charge in [-0.1, -0.05) is 6.92 Å². The quantitative estimate of drug-likeness (QED) is 0.844. The lowest BCUT2D eigenvalue weighted by Gasteiger charge is -2.36. The molecule has 0 spiro atoms. The summed E-state index contributed by atoms with van der Waals surface area (Å²) in [5.41, 5.74) is 5.67. The van der Waals surface area contributed by atoms with Gasteiger partial charge in [0.1, 0.15) is 0 Å². The van der Waals surface area contributed by atoms with E-state index < -0.39 is 0 Å². The summed E-state index contributed by atoms with van der Waals surface area (Å²) in [6, 6.07) is 0.703. The monoisotopic (exact) mass is 266 g/mol. The number of piperidine rings is 1. The van der Waals surface area contributed by atoms with E-state index in [4.69, 9.17) is 10.5 Å². The van der Waals surface area contributed by atoms with Crippen LogP contribution in [-0.4, -0.2) is 59.7 Å². The van der Waals surface area contributed by atoms with Gasteiger partial charge in [-0.25, -0.2) is 0 Å². The summed E-state index contributed by atoms with van der Waals surface area (Å²) in [7, 11) is 3.53. The van der Waals surface area contributed by atoms with Crippen LogP contribution in [0.3, 0.4) is 0 Å². The SMILES string of the molecule is CCN1CCC(N(C)c2nc(N)nc(OC)n2)CC1. The summed E-state index contributed by atoms with van der Waals surface area (Å²) < 4.78 is 5.03. The topological polar surface area (TPSA) is 80.4 Å². The third kappa shape index (κ3) is 3.23. The maximum atomic E-state index is 5.67. The molecule has 0 unspecified atom stereocenters. The number of ether oxygens (including phenoxy) is 1. The van der Waals surface area contributed by atoms with Gasteiger partial charge in [-0.05, 0) is 19.4 Å². The number of hydrogen-bond acceptors (Lipinski definition) is 7. The molecule has 1 saturated heterocycles. The van der Waals surface area contributed by atoms with Crippen molar-refractivity contribution in [2.75, 3.05) is 44.4 Å². The van der Waals surface area contributed by atoms with Gasteiger partial charge in [-0.15, -0.1) is 0 Å². The number of hydrogen-bond donors (Lipinski definition) is 1. The molecule has 0 atom stereocenters. The number of anilines is 2. The van der Waals surface area contributed by atoms with Crippen LogP contribution in [-0.2, 0) is 0 Å². The van der Waals surface area contributed by atoms with E-state index in [9.17, 15) is 0 Å². The summed E-state index contributed by atoms with van der Waals surface area (Å²) in [5.74, 6) is 0.777. The lowest BCUT2D eigenvalue weighted by Crippen LogP contribution is -2.44. The van der Waals surface area contributed by atoms with Crippen molar-refractivity contribution in [3.05, 3.63) is 0 Å². The van der Waals surface area contributed by atoms with Crippen molar-refractivity contribution in [2.45, 2.75) is 25.8 Å². The summed E-state index contributed by atoms with van der Waals surface area (Å²) >= 11 is 0. The molecule has 1 fully saturated rings. The van der Waals surface area contributed by atoms with Gasteiger partial charge in [0, 0.05) is 26.2 Å². The zero-order chi connectivity index (χ0) is 13.8. The fourth-order valence-electron chi connectivity index (χ4n) is 2.40. The number of nitrogen functional groups attached to an aromatic ring is 1. The third-order valence-corrected chi connectivity index (χ3v) is 3.67. The Morgan fingerprint density at radius 2 is 2.00 bits per heavy atom. The molecule has 1 aromatic heterocycles. The molecule has 0 saturated carbocycles. The first-order chi connectivity index (χ1) is 9.13. The van der Waals surface area contributed by atoms with Crippen LogP contribution in [0.2, 0.25) is 0 Å². The average molecular weight is 266 g/mol. The van der Waals surface area contributed by atoms with Crippen LogP contribution in [0, 0.1) is 0 Å². The molecule has 0 aromatic carbocycles. The van der Waals surface area contributed by atoms with E-state index in [2.05, 4.69) is 31.7 Å². The van der Waals surface area contributed by atoms with E-state index in [0.29, 0.717) is 12.0 Å². The number of likely N-dealkylation sites (tertiary alicyclic amines) is 1. The van der Waals surface area contributed by atoms with Crippen molar-refractivity contribution >= 4 is 11.9 Å². The first-order valence-corrected chi connectivity index (χ1v) is 6.64. The lowest BCUT2D eigenvalue weighted by molar-refractivity contribution is 0.220. The summed E-state index contributed by atoms with van der Waals surface area (Å²) in [6.07, 6.45) is 2.22. The van der Waals surface area contributed by atoms with Crippen molar-refractivity contribution in [1.82, 2.24) is 19.9 Å². The Bertz CT molecular complexity index is 419. The molecule has 2 rings (SSSR count). The number of rotatable bonds is 4. The Morgan fingerprint density at radius 3 is 2.58 bits per heavy atom. The number of methoxy groups -OCH3 is 1. The summed E-state index contributed by atoms with van der Waals surface area (Å²) in [5, 5.41) is 0. The molecule has 19 heavy (non-hydrogen) atoms. The predicted molar refractivity (Wildman–Crippen MR) is 74.3 cm³/mol. The van der Waals surface area contributed by atoms with Gasteiger partial charge in [-0.3, -0.25) is 0 Å². The maximum absolute atomic E-state index is 5.67. The lowest BCUT2D eigenvalue weighted by atomic mass is 10.0. The molecule has 0 bridgehead atoms. The fraction of sp³-hybridized carbons (Fsp3) is 0.750. The van der Waals surface area contributed by atoms with Gasteiger partial charge in [0.05, 0.1) is 7.11 Å². The zero-order valence-electron chi connectivity index (χ0n) is 11.8. The number of aromatic nitrogens is 3. The second-order valence-electron chi connectivity index (χ2n) is 4.76. The molecule has 1 aliphatic heterocycles. The van der Waals surface area contributed by atoms with E-state index in [1.807, 2.05) is 7.05 Å². The van der Waals surface area contributed by atoms with Crippen LogP contribution in [0.4, 0.5) is 11.9 Å². The normalized spacial score (nSPS) is 17.4. The average Bonchev–Trinajstić information content (AvgIpc) is 2.46. The highest BCUT2D eigenvalue weighted by Gasteiger charge is 2.23. The van der Waals surface area contributed by atoms with Gasteiger partial charge >= 0.3 is 6.01 Å². The molecule has 2 N–H and O–H groups in total. The minimum Gasteiger partial charge on any atom is -0.467 e. The molecule has 0 amide bonds. The van der Waals surface area contributed by atoms with E-state index in [1.54, 1.807) is 0 Å². The van der Waals surface area contributed by atoms with Gasteiger partial charge in [0.15, 0.2) is 0 Å². The molecule has 7 heteroatoms. The summed E-state index contributed by atoms with van der Waals surface area (Å²) in [4.78, 5) is 16.9. The van der Waals surface area contributed by atoms with E-state index in [-0.39, 0.29) is 12.0 Å². The van der Waals surface area contributed by atoms with Crippen molar-refractivity contribution < 1.29 is 4.74 Å². The molecular formula is C12H22N6O. The zero-order valence-corrected chi connectivity index (χ0v) is 11.8. The Kier molecular flexibility index (Phi) is 4.36. The number of nitrogens with two attached hydrogens (primary N) is 1. The molecule has 0 radical (unpaired) electrons. The van der Waals surface area contributed by atoms with Crippen molar-refractivity contribution in [3.63, 3.8) is 0 Å². The minimum absolute atomic E-state index is 0.194. The standard InChI is InChI=1S/C12H22N6O/c1-4-18-7-5-9(6-8-18)17(2)11-14-10(13)15-12(16-11)19-3/h9H,4-8H2,1-3H3,(H2,13,14,15,16). The van der Waals surface area contributed by atoms with E-state index >= 15 is 0 Å². The molecule has 7 nitrogen and oxygen atoms in total. The molecule has 106 valence electrons. The highest BCUT2D eigenvalue weighted by atomic mass is 16.5. The van der Waals surface area contributed by atoms with Gasteiger partial charge in [0.2, 0.25) is 11.9 Å². The smallest absolute Gasteiger partial charge is 0.322 e. The van der Waals surface area contributed by atoms with Crippen LogP contribution in [0.15, 0.2) is 0 Å². The Balaban J connectivity index is 2.07. The fourth-order valence-corrected chi connectivity index (χ4v) is 2.40. The Hall–Kier alpha value is -1.63. The minimum atomic E-state index is 0.194. The van der Waals surface area contributed by atoms with Crippen LogP contribution in [0.25, 0.3) is 0 Å². The van der Waals surface area contributed by atoms with Crippen LogP contribution in [0.5, 0.6) is 6.01 Å². The van der Waals surface area contributed by atoms with Crippen molar-refractivity contribution in [3.8, 4) is 6.01 Å². The van der Waals surface area contributed by atoms with Crippen molar-refractivity contribution in [2.24, 2.45) is 0 Å². The first-order valence-electron chi connectivity index (χ1n) is 6.64. The van der Waals surface area contributed by atoms with Gasteiger partial charge in [-0.2, -0.15) is 15.0 Å². The first kappa shape index (κ1) is 13.8. The van der Waals surface area contributed by atoms with Crippen LogP contribution >= 0.6 is 0 Å². The summed E-state index contributed by atoms with van der Waals surface area (Å²) in [6.45, 7) is 5.54. The van der Waals surface area contributed by atoms with Gasteiger partial charge in [0.25, 0.3) is 0 Å². The second kappa shape index (κ2) is 6.01. The molecule has 1 aliphatic rings. The predicted octanol–water partition coefficient (Wildman–Crippen LogP) is 0.383. The van der Waals surface area contributed by atoms with Crippen LogP contribution < -0.4 is 15.4 Å². The molecule has 0 aliphatic carbocycles. The second-order valence-corrected chi connectivity index (χ2v) is 4.76. The highest BCUT2D eigenvalue weighted by Crippen LogP contribution is 2.20. The third-order valence-electron chi connectivity index (χ3n) is 3.67. The van der Waals surface area contributed by atoms with Crippen molar-refractivity contribution in [1.29, 1.82) is 0 Å². The van der Waals surface area contributed by atoms with Crippen LogP contribution in [0.1, 0.15) is 19.8 Å². The highest BCUT2D eigenvalue weighted by molar-refractivity contribution is 5.36. The Morgan fingerprint density at radius 1 is 1.32 bits per heavy atom. The molecular weight excluding hydrogens is 244 g/mol. The maximum Gasteiger partial charge on any atom is 0.322 e. The molecule has 2 heterocycles. The number of nitrogens with zero attached hydrogens (tertiary/aromatic N) is 5.